The summed E-state index contributed by atoms with van der Waals surface area (Å²) in [6.07, 6.45) is 1.92. The fraction of sp³-hybridized carbons (Fsp3) is 0.526. The van der Waals surface area contributed by atoms with Gasteiger partial charge in [0.05, 0.1) is 0 Å². The third-order valence-electron chi connectivity index (χ3n) is 6.47. The molecule has 1 aromatic rings. The Morgan fingerprint density at radius 1 is 1.19 bits per heavy atom. The Bertz CT molecular complexity index is 811. The lowest BCUT2D eigenvalue weighted by Gasteiger charge is -2.59. The van der Waals surface area contributed by atoms with Crippen LogP contribution in [0.15, 0.2) is 18.2 Å². The zero-order chi connectivity index (χ0) is 17.9. The van der Waals surface area contributed by atoms with Gasteiger partial charge in [0.2, 0.25) is 11.8 Å². The van der Waals surface area contributed by atoms with E-state index in [0.717, 1.165) is 31.7 Å². The van der Waals surface area contributed by atoms with Crippen molar-refractivity contribution in [2.45, 2.75) is 43.9 Å². The van der Waals surface area contributed by atoms with Gasteiger partial charge in [0.25, 0.3) is 5.91 Å². The molecule has 26 heavy (non-hydrogen) atoms. The van der Waals surface area contributed by atoms with Gasteiger partial charge in [-0.2, -0.15) is 0 Å². The Hall–Kier alpha value is -2.25. The first-order chi connectivity index (χ1) is 12.6. The number of fused-ring (bicyclic) bond motifs is 1. The normalized spacial score (nSPS) is 27.2. The molecule has 0 aromatic heterocycles. The van der Waals surface area contributed by atoms with E-state index in [-0.39, 0.29) is 24.1 Å². The van der Waals surface area contributed by atoms with Gasteiger partial charge < -0.3 is 10.2 Å². The minimum atomic E-state index is -0.549. The van der Waals surface area contributed by atoms with E-state index in [0.29, 0.717) is 24.1 Å². The molecule has 4 aliphatic rings. The first-order valence-corrected chi connectivity index (χ1v) is 9.29. The minimum Gasteiger partial charge on any atom is -0.322 e. The Kier molecular flexibility index (Phi) is 3.45. The maximum absolute atomic E-state index is 12.9. The van der Waals surface area contributed by atoms with Gasteiger partial charge in [0.15, 0.2) is 0 Å². The molecule has 3 fully saturated rings. The molecular weight excluding hydrogens is 332 g/mol. The number of nitrogens with one attached hydrogen (secondary N) is 2. The molecule has 0 radical (unpaired) electrons. The van der Waals surface area contributed by atoms with Crippen LogP contribution in [0.3, 0.4) is 0 Å². The van der Waals surface area contributed by atoms with E-state index < -0.39 is 6.04 Å². The number of likely N-dealkylation sites (tertiary alicyclic amines) is 1. The van der Waals surface area contributed by atoms with Gasteiger partial charge in [-0.25, -0.2) is 0 Å². The van der Waals surface area contributed by atoms with Crippen molar-refractivity contribution in [3.8, 4) is 0 Å². The highest BCUT2D eigenvalue weighted by molar-refractivity contribution is 6.05. The van der Waals surface area contributed by atoms with E-state index in [1.807, 2.05) is 12.1 Å². The highest BCUT2D eigenvalue weighted by Gasteiger charge is 2.49. The third kappa shape index (κ3) is 2.23. The summed E-state index contributed by atoms with van der Waals surface area (Å²) in [4.78, 5) is 40.6. The fourth-order valence-electron chi connectivity index (χ4n) is 4.65. The first-order valence-electron chi connectivity index (χ1n) is 9.29. The van der Waals surface area contributed by atoms with Crippen molar-refractivity contribution in [3.05, 3.63) is 34.9 Å². The number of amides is 3. The van der Waals surface area contributed by atoms with Crippen LogP contribution in [-0.2, 0) is 22.7 Å². The molecule has 4 heterocycles. The zero-order valence-corrected chi connectivity index (χ0v) is 14.6. The number of benzene rings is 1. The standard InChI is InChI=1S/C19H22N4O3/c24-16-5-4-15(17(25)21-16)23-9-14-12(2-1-3-13(14)18(23)26)8-22-7-6-19(22)10-20-11-19/h1-3,15,20H,4-11H2,(H,21,24,25). The number of piperidine rings is 1. The summed E-state index contributed by atoms with van der Waals surface area (Å²) >= 11 is 0. The predicted octanol–water partition coefficient (Wildman–Crippen LogP) is -0.00470. The molecule has 1 spiro atoms. The summed E-state index contributed by atoms with van der Waals surface area (Å²) in [7, 11) is 0. The van der Waals surface area contributed by atoms with Gasteiger partial charge in [-0.3, -0.25) is 24.6 Å². The van der Waals surface area contributed by atoms with E-state index in [9.17, 15) is 14.4 Å². The molecular formula is C19H22N4O3. The second-order valence-corrected chi connectivity index (χ2v) is 7.84. The highest BCUT2D eigenvalue weighted by Crippen LogP contribution is 2.37. The van der Waals surface area contributed by atoms with Crippen LogP contribution in [0.1, 0.15) is 40.7 Å². The fourth-order valence-corrected chi connectivity index (χ4v) is 4.65. The van der Waals surface area contributed by atoms with Crippen LogP contribution in [0.25, 0.3) is 0 Å². The van der Waals surface area contributed by atoms with E-state index in [2.05, 4.69) is 21.6 Å². The van der Waals surface area contributed by atoms with Gasteiger partial charge in [0, 0.05) is 50.2 Å². The van der Waals surface area contributed by atoms with Gasteiger partial charge >= 0.3 is 0 Å². The van der Waals surface area contributed by atoms with Gasteiger partial charge in [-0.15, -0.1) is 0 Å². The van der Waals surface area contributed by atoms with Crippen LogP contribution in [0.5, 0.6) is 0 Å². The van der Waals surface area contributed by atoms with E-state index >= 15 is 0 Å². The summed E-state index contributed by atoms with van der Waals surface area (Å²) in [5.41, 5.74) is 3.23. The van der Waals surface area contributed by atoms with Crippen molar-refractivity contribution in [1.29, 1.82) is 0 Å². The minimum absolute atomic E-state index is 0.0972. The number of imide groups is 1. The van der Waals surface area contributed by atoms with Crippen molar-refractivity contribution in [2.75, 3.05) is 19.6 Å². The molecule has 0 aliphatic carbocycles. The average molecular weight is 354 g/mol. The molecule has 7 heteroatoms. The second kappa shape index (κ2) is 5.62. The molecule has 1 atom stereocenters. The second-order valence-electron chi connectivity index (χ2n) is 7.84. The van der Waals surface area contributed by atoms with Crippen LogP contribution >= 0.6 is 0 Å². The summed E-state index contributed by atoms with van der Waals surface area (Å²) in [5.74, 6) is -0.709. The van der Waals surface area contributed by atoms with Crippen LogP contribution in [0.2, 0.25) is 0 Å². The molecule has 2 N–H and O–H groups in total. The Balaban J connectivity index is 1.38. The smallest absolute Gasteiger partial charge is 0.255 e. The molecule has 3 amide bonds. The van der Waals surface area contributed by atoms with Crippen molar-refractivity contribution in [1.82, 2.24) is 20.4 Å². The SMILES string of the molecule is O=C1CCC(N2Cc3c(CN4CCC45CNC5)cccc3C2=O)C(=O)N1. The Morgan fingerprint density at radius 3 is 2.69 bits per heavy atom. The van der Waals surface area contributed by atoms with Crippen molar-refractivity contribution < 1.29 is 14.4 Å². The molecule has 5 rings (SSSR count). The molecule has 0 saturated carbocycles. The number of hydrogen-bond donors (Lipinski definition) is 2. The quantitative estimate of drug-likeness (QED) is 0.747. The number of hydrogen-bond acceptors (Lipinski definition) is 5. The Labute approximate surface area is 151 Å². The molecule has 136 valence electrons. The molecule has 1 unspecified atom stereocenters. The lowest BCUT2D eigenvalue weighted by Crippen LogP contribution is -2.75. The molecule has 4 aliphatic heterocycles. The summed E-state index contributed by atoms with van der Waals surface area (Å²) in [6, 6.07) is 5.33. The average Bonchev–Trinajstić information content (AvgIpc) is 2.88. The number of rotatable bonds is 3. The largest absolute Gasteiger partial charge is 0.322 e. The van der Waals surface area contributed by atoms with Gasteiger partial charge in [-0.05, 0) is 30.0 Å². The number of carbonyl (C=O) groups is 3. The molecule has 0 bridgehead atoms. The topological polar surface area (TPSA) is 81.8 Å². The Morgan fingerprint density at radius 2 is 2.04 bits per heavy atom. The summed E-state index contributed by atoms with van der Waals surface area (Å²) in [5, 5.41) is 5.72. The highest BCUT2D eigenvalue weighted by atomic mass is 16.2. The molecule has 3 saturated heterocycles. The number of carbonyl (C=O) groups excluding carboxylic acids is 3. The van der Waals surface area contributed by atoms with Crippen molar-refractivity contribution >= 4 is 17.7 Å². The monoisotopic (exact) mass is 354 g/mol. The lowest BCUT2D eigenvalue weighted by atomic mass is 9.78. The van der Waals surface area contributed by atoms with Gasteiger partial charge in [-0.1, -0.05) is 12.1 Å². The maximum atomic E-state index is 12.9. The van der Waals surface area contributed by atoms with Crippen LogP contribution in [-0.4, -0.2) is 58.7 Å². The lowest BCUT2D eigenvalue weighted by molar-refractivity contribution is -0.136. The predicted molar refractivity (Wildman–Crippen MR) is 93.1 cm³/mol. The first kappa shape index (κ1) is 16.0. The van der Waals surface area contributed by atoms with E-state index in [1.54, 1.807) is 4.90 Å². The maximum Gasteiger partial charge on any atom is 0.255 e. The van der Waals surface area contributed by atoms with E-state index in [4.69, 9.17) is 0 Å². The van der Waals surface area contributed by atoms with Gasteiger partial charge in [0.1, 0.15) is 6.04 Å². The summed E-state index contributed by atoms with van der Waals surface area (Å²) in [6.45, 7) is 4.49. The van der Waals surface area contributed by atoms with E-state index in [1.165, 1.54) is 12.0 Å². The summed E-state index contributed by atoms with van der Waals surface area (Å²) < 4.78 is 0. The van der Waals surface area contributed by atoms with Crippen LogP contribution < -0.4 is 10.6 Å². The molecule has 7 nitrogen and oxygen atoms in total. The van der Waals surface area contributed by atoms with Crippen molar-refractivity contribution in [2.24, 2.45) is 0 Å². The third-order valence-corrected chi connectivity index (χ3v) is 6.47. The molecule has 1 aromatic carbocycles. The zero-order valence-electron chi connectivity index (χ0n) is 14.6. The van der Waals surface area contributed by atoms with Crippen LogP contribution in [0.4, 0.5) is 0 Å². The van der Waals surface area contributed by atoms with Crippen LogP contribution in [0, 0.1) is 0 Å². The van der Waals surface area contributed by atoms with Crippen molar-refractivity contribution in [3.63, 3.8) is 0 Å². The number of nitrogens with zero attached hydrogens (tertiary/aromatic N) is 2.